The first-order valence-electron chi connectivity index (χ1n) is 12.6. The molecule has 1 saturated carbocycles. The topological polar surface area (TPSA) is 137 Å². The lowest BCUT2D eigenvalue weighted by atomic mass is 9.74. The van der Waals surface area contributed by atoms with E-state index in [0.29, 0.717) is 33.8 Å². The molecule has 2 aliphatic rings. The van der Waals surface area contributed by atoms with Crippen LogP contribution in [0.2, 0.25) is 0 Å². The standard InChI is InChI=1S/C30H27N5O4/c1-4-18-6-5-7-20(14-18)27-25(16(2)31-17(3)26(27)30(39)33-22-12-13-22)29(38)32-21-10-8-19(9-11-21)28-23(36)15-24(37)34-35-28/h1,5-11,14-15,22,26-27H,12-13H2,2-3H3,(H,32,38)(H,33,39)(H2,34,36,37). The number of nitrogens with zero attached hydrogens (tertiary/aromatic N) is 2. The summed E-state index contributed by atoms with van der Waals surface area (Å²) < 4.78 is 0. The quantitative estimate of drug-likeness (QED) is 0.368. The van der Waals surface area contributed by atoms with E-state index in [1.807, 2.05) is 25.1 Å². The summed E-state index contributed by atoms with van der Waals surface area (Å²) in [5.41, 5.74) is 3.70. The van der Waals surface area contributed by atoms with Crippen LogP contribution in [0.4, 0.5) is 5.69 Å². The van der Waals surface area contributed by atoms with Crippen LogP contribution in [0.3, 0.4) is 0 Å². The molecular formula is C30H27N5O4. The molecule has 1 aromatic heterocycles. The van der Waals surface area contributed by atoms with Gasteiger partial charge in [0.05, 0.1) is 5.92 Å². The molecule has 1 aliphatic heterocycles. The molecule has 5 rings (SSSR count). The van der Waals surface area contributed by atoms with Crippen molar-refractivity contribution < 1.29 is 14.7 Å². The highest BCUT2D eigenvalue weighted by molar-refractivity contribution is 6.12. The van der Waals surface area contributed by atoms with Crippen molar-refractivity contribution in [2.24, 2.45) is 10.9 Å². The van der Waals surface area contributed by atoms with Crippen molar-refractivity contribution in [1.29, 1.82) is 0 Å². The molecule has 3 aromatic rings. The summed E-state index contributed by atoms with van der Waals surface area (Å²) >= 11 is 0. The molecule has 0 bridgehead atoms. The maximum absolute atomic E-state index is 13.8. The number of hydrogen-bond donors (Lipinski definition) is 4. The first kappa shape index (κ1) is 25.7. The number of hydrogen-bond acceptors (Lipinski definition) is 6. The highest BCUT2D eigenvalue weighted by atomic mass is 16.3. The van der Waals surface area contributed by atoms with E-state index >= 15 is 0 Å². The highest BCUT2D eigenvalue weighted by Gasteiger charge is 2.42. The van der Waals surface area contributed by atoms with Crippen molar-refractivity contribution in [1.82, 2.24) is 15.5 Å². The minimum atomic E-state index is -0.667. The maximum atomic E-state index is 13.8. The molecule has 9 heteroatoms. The van der Waals surface area contributed by atoms with Crippen LogP contribution in [0.25, 0.3) is 11.3 Å². The number of aliphatic imine (C=N–C) groups is 1. The third-order valence-corrected chi connectivity index (χ3v) is 6.90. The van der Waals surface area contributed by atoms with Crippen LogP contribution in [0.15, 0.2) is 75.7 Å². The van der Waals surface area contributed by atoms with Gasteiger partial charge >= 0.3 is 0 Å². The van der Waals surface area contributed by atoms with Crippen LogP contribution in [-0.4, -0.2) is 38.9 Å². The number of terminal acetylenes is 1. The zero-order valence-corrected chi connectivity index (χ0v) is 21.5. The van der Waals surface area contributed by atoms with Gasteiger partial charge in [-0.05, 0) is 56.5 Å². The SMILES string of the molecule is C#Cc1cccc(C2C(C(=O)Nc3ccc(-c4n[nH]c(=O)cc4O)cc3)=C(C)N=C(C)C2C(=O)NC2CC2)c1. The number of anilines is 1. The molecule has 2 unspecified atom stereocenters. The summed E-state index contributed by atoms with van der Waals surface area (Å²) in [6.45, 7) is 3.57. The Hall–Kier alpha value is -4.97. The normalized spacial score (nSPS) is 18.6. The molecule has 0 spiro atoms. The van der Waals surface area contributed by atoms with Crippen LogP contribution < -0.4 is 16.2 Å². The summed E-state index contributed by atoms with van der Waals surface area (Å²) in [6.07, 6.45) is 7.54. The smallest absolute Gasteiger partial charge is 0.267 e. The van der Waals surface area contributed by atoms with Crippen molar-refractivity contribution in [3.8, 4) is 29.4 Å². The first-order chi connectivity index (χ1) is 18.7. The number of amides is 2. The Bertz CT molecular complexity index is 1620. The Morgan fingerprint density at radius 2 is 1.85 bits per heavy atom. The summed E-state index contributed by atoms with van der Waals surface area (Å²) in [5.74, 6) is 0.581. The second-order valence-corrected chi connectivity index (χ2v) is 9.76. The average molecular weight is 522 g/mol. The van der Waals surface area contributed by atoms with Crippen molar-refractivity contribution in [2.45, 2.75) is 38.6 Å². The highest BCUT2D eigenvalue weighted by Crippen LogP contribution is 2.40. The lowest BCUT2D eigenvalue weighted by Gasteiger charge is -2.32. The molecule has 39 heavy (non-hydrogen) atoms. The monoisotopic (exact) mass is 521 g/mol. The molecule has 196 valence electrons. The lowest BCUT2D eigenvalue weighted by molar-refractivity contribution is -0.123. The molecule has 1 fully saturated rings. The maximum Gasteiger partial charge on any atom is 0.267 e. The van der Waals surface area contributed by atoms with E-state index in [1.165, 1.54) is 0 Å². The molecule has 0 saturated heterocycles. The largest absolute Gasteiger partial charge is 0.505 e. The van der Waals surface area contributed by atoms with Gasteiger partial charge in [0.15, 0.2) is 0 Å². The van der Waals surface area contributed by atoms with Gasteiger partial charge in [-0.3, -0.25) is 19.4 Å². The van der Waals surface area contributed by atoms with E-state index in [1.54, 1.807) is 37.3 Å². The second-order valence-electron chi connectivity index (χ2n) is 9.76. The second kappa shape index (κ2) is 10.4. The third-order valence-electron chi connectivity index (χ3n) is 6.90. The van der Waals surface area contributed by atoms with Crippen molar-refractivity contribution in [2.75, 3.05) is 5.32 Å². The zero-order valence-electron chi connectivity index (χ0n) is 21.5. The zero-order chi connectivity index (χ0) is 27.7. The fourth-order valence-electron chi connectivity index (χ4n) is 4.89. The summed E-state index contributed by atoms with van der Waals surface area (Å²) in [6, 6.07) is 15.2. The van der Waals surface area contributed by atoms with Gasteiger partial charge in [-0.15, -0.1) is 6.42 Å². The summed E-state index contributed by atoms with van der Waals surface area (Å²) in [4.78, 5) is 43.2. The summed E-state index contributed by atoms with van der Waals surface area (Å²) in [5, 5.41) is 22.2. The predicted octanol–water partition coefficient (Wildman–Crippen LogP) is 3.49. The fraction of sp³-hybridized carbons (Fsp3) is 0.233. The number of allylic oxidation sites excluding steroid dienone is 1. The van der Waals surface area contributed by atoms with Crippen LogP contribution in [0.1, 0.15) is 43.7 Å². The van der Waals surface area contributed by atoms with E-state index < -0.39 is 17.4 Å². The molecule has 2 aromatic carbocycles. The van der Waals surface area contributed by atoms with E-state index in [4.69, 9.17) is 6.42 Å². The van der Waals surface area contributed by atoms with Crippen LogP contribution in [0, 0.1) is 18.3 Å². The van der Waals surface area contributed by atoms with Crippen LogP contribution in [-0.2, 0) is 9.59 Å². The van der Waals surface area contributed by atoms with Gasteiger partial charge in [-0.25, -0.2) is 5.10 Å². The van der Waals surface area contributed by atoms with Gasteiger partial charge in [0.2, 0.25) is 5.91 Å². The molecule has 0 radical (unpaired) electrons. The Morgan fingerprint density at radius 1 is 1.10 bits per heavy atom. The fourth-order valence-corrected chi connectivity index (χ4v) is 4.89. The van der Waals surface area contributed by atoms with Crippen molar-refractivity contribution >= 4 is 23.2 Å². The number of aromatic nitrogens is 2. The number of H-pyrrole nitrogens is 1. The number of carbonyl (C=O) groups excluding carboxylic acids is 2. The lowest BCUT2D eigenvalue weighted by Crippen LogP contribution is -2.43. The summed E-state index contributed by atoms with van der Waals surface area (Å²) in [7, 11) is 0. The number of nitrogens with one attached hydrogen (secondary N) is 3. The molecule has 4 N–H and O–H groups in total. The number of aromatic amines is 1. The van der Waals surface area contributed by atoms with Crippen molar-refractivity contribution in [3.05, 3.63) is 87.3 Å². The molecule has 2 heterocycles. The number of benzene rings is 2. The average Bonchev–Trinajstić information content (AvgIpc) is 3.72. The number of carbonyl (C=O) groups is 2. The predicted molar refractivity (Wildman–Crippen MR) is 148 cm³/mol. The minimum absolute atomic E-state index is 0.155. The van der Waals surface area contributed by atoms with E-state index in [2.05, 4.69) is 31.7 Å². The number of aromatic hydroxyl groups is 1. The Morgan fingerprint density at radius 3 is 2.51 bits per heavy atom. The Balaban J connectivity index is 1.48. The molecule has 2 atom stereocenters. The van der Waals surface area contributed by atoms with Gasteiger partial charge < -0.3 is 15.7 Å². The third kappa shape index (κ3) is 5.36. The molecule has 2 amide bonds. The van der Waals surface area contributed by atoms with Crippen LogP contribution >= 0.6 is 0 Å². The van der Waals surface area contributed by atoms with Gasteiger partial charge in [-0.1, -0.05) is 30.2 Å². The van der Waals surface area contributed by atoms with E-state index in [9.17, 15) is 19.5 Å². The molecular weight excluding hydrogens is 494 g/mol. The van der Waals surface area contributed by atoms with Gasteiger partial charge in [-0.2, -0.15) is 5.10 Å². The first-order valence-corrected chi connectivity index (χ1v) is 12.6. The van der Waals surface area contributed by atoms with Crippen LogP contribution in [0.5, 0.6) is 5.75 Å². The van der Waals surface area contributed by atoms with Gasteiger partial charge in [0.1, 0.15) is 11.4 Å². The van der Waals surface area contributed by atoms with E-state index in [-0.39, 0.29) is 29.3 Å². The minimum Gasteiger partial charge on any atom is -0.505 e. The van der Waals surface area contributed by atoms with Gasteiger partial charge in [0, 0.05) is 51.8 Å². The molecule has 1 aliphatic carbocycles. The molecule has 9 nitrogen and oxygen atoms in total. The Labute approximate surface area is 225 Å². The number of rotatable bonds is 6. The van der Waals surface area contributed by atoms with Crippen molar-refractivity contribution in [3.63, 3.8) is 0 Å². The van der Waals surface area contributed by atoms with Gasteiger partial charge in [0.25, 0.3) is 11.5 Å². The Kier molecular flexibility index (Phi) is 6.86. The van der Waals surface area contributed by atoms with E-state index in [0.717, 1.165) is 24.5 Å².